The number of fused-ring (bicyclic) bond motifs is 1. The van der Waals surface area contributed by atoms with Crippen LogP contribution in [0.3, 0.4) is 0 Å². The van der Waals surface area contributed by atoms with Crippen LogP contribution in [0.2, 0.25) is 0 Å². The van der Waals surface area contributed by atoms with Crippen molar-refractivity contribution in [2.75, 3.05) is 0 Å². The molecule has 0 aromatic rings. The van der Waals surface area contributed by atoms with E-state index in [1.165, 1.54) is 0 Å². The largest absolute Gasteiger partial charge is 0.481 e. The average Bonchev–Trinajstić information content (AvgIpc) is 2.66. The predicted molar refractivity (Wildman–Crippen MR) is 110 cm³/mol. The number of carbonyl (C=O) groups excluding carboxylic acids is 1. The topological polar surface area (TPSA) is 197 Å². The van der Waals surface area contributed by atoms with E-state index in [1.54, 1.807) is 13.0 Å². The number of ether oxygens (including phenoxy) is 1. The van der Waals surface area contributed by atoms with E-state index in [0.29, 0.717) is 5.90 Å². The summed E-state index contributed by atoms with van der Waals surface area (Å²) in [4.78, 5) is 47.7. The molecule has 0 bridgehead atoms. The maximum atomic E-state index is 11.6. The van der Waals surface area contributed by atoms with Crippen LogP contribution in [-0.2, 0) is 23.9 Å². The van der Waals surface area contributed by atoms with Gasteiger partial charge in [0, 0.05) is 18.5 Å². The van der Waals surface area contributed by atoms with Gasteiger partial charge in [-0.3, -0.25) is 19.4 Å². The third kappa shape index (κ3) is 5.49. The third-order valence-electron chi connectivity index (χ3n) is 5.72. The second-order valence-electron chi connectivity index (χ2n) is 7.86. The molecule has 0 radical (unpaired) electrons. The first kappa shape index (κ1) is 25.0. The van der Waals surface area contributed by atoms with Crippen molar-refractivity contribution in [1.29, 1.82) is 0 Å². The second-order valence-corrected chi connectivity index (χ2v) is 8.92. The fourth-order valence-electron chi connectivity index (χ4n) is 4.01. The number of hydrogen-bond donors (Lipinski definition) is 5. The summed E-state index contributed by atoms with van der Waals surface area (Å²) in [6.07, 6.45) is 0.651. The van der Waals surface area contributed by atoms with Crippen molar-refractivity contribution in [2.24, 2.45) is 34.4 Å². The lowest BCUT2D eigenvalue weighted by atomic mass is 9.76. The summed E-state index contributed by atoms with van der Waals surface area (Å²) < 4.78 is 4.92. The molecule has 3 aliphatic rings. The number of aliphatic imine (C=N–C) groups is 1. The number of rotatable bonds is 3. The first-order chi connectivity index (χ1) is 14.3. The molecule has 0 aromatic heterocycles. The van der Waals surface area contributed by atoms with Crippen LogP contribution in [-0.4, -0.2) is 73.2 Å². The van der Waals surface area contributed by atoms with Gasteiger partial charge in [0.1, 0.15) is 0 Å². The molecule has 1 aliphatic heterocycles. The lowest BCUT2D eigenvalue weighted by Gasteiger charge is -2.37. The molecular weight excluding hydrogens is 480 g/mol. The van der Waals surface area contributed by atoms with Crippen LogP contribution >= 0.6 is 15.9 Å². The van der Waals surface area contributed by atoms with Gasteiger partial charge < -0.3 is 30.9 Å². The standard InChI is InChI=1S/C11H13NO4.C8H12BrNO5/c1-5-3-7(10(13)14)4-8-9(5)12-6(2)16-11(8)15;9-4-2(7(12)13)1-3(8(14)15)5(10)6(4)11/h3,5,8-9H,4H2,1-2H3,(H,13,14);2-6,11H,1,10H2,(H,12,13)(H,14,15)/t5-,8+,9+;2-,3-,4-,5+,6+/m10/s1. The normalized spacial score (nSPS) is 37.1. The first-order valence-corrected chi connectivity index (χ1v) is 10.5. The molecule has 0 aromatic carbocycles. The molecule has 12 heteroatoms. The second kappa shape index (κ2) is 9.88. The molecule has 1 fully saturated rings. The van der Waals surface area contributed by atoms with Gasteiger partial charge in [-0.15, -0.1) is 0 Å². The fraction of sp³-hybridized carbons (Fsp3) is 0.632. The number of nitrogens with zero attached hydrogens (tertiary/aromatic N) is 1. The summed E-state index contributed by atoms with van der Waals surface area (Å²) in [5.74, 6) is -5.72. The monoisotopic (exact) mass is 504 g/mol. The molecule has 11 nitrogen and oxygen atoms in total. The van der Waals surface area contributed by atoms with Crippen LogP contribution in [0.1, 0.15) is 26.7 Å². The number of nitrogens with two attached hydrogens (primary N) is 1. The van der Waals surface area contributed by atoms with Crippen molar-refractivity contribution in [3.63, 3.8) is 0 Å². The van der Waals surface area contributed by atoms with Crippen LogP contribution in [0.4, 0.5) is 0 Å². The zero-order valence-corrected chi connectivity index (χ0v) is 18.4. The number of aliphatic hydroxyl groups is 1. The number of carboxylic acids is 3. The Kier molecular flexibility index (Phi) is 7.95. The van der Waals surface area contributed by atoms with Gasteiger partial charge >= 0.3 is 23.9 Å². The minimum Gasteiger partial charge on any atom is -0.481 e. The van der Waals surface area contributed by atoms with Gasteiger partial charge in [-0.1, -0.05) is 28.9 Å². The van der Waals surface area contributed by atoms with Gasteiger partial charge in [-0.05, 0) is 18.8 Å². The van der Waals surface area contributed by atoms with Gasteiger partial charge in [0.15, 0.2) is 5.90 Å². The minimum absolute atomic E-state index is 0.0485. The fourth-order valence-corrected chi connectivity index (χ4v) is 4.80. The van der Waals surface area contributed by atoms with Gasteiger partial charge in [0.05, 0.1) is 34.7 Å². The van der Waals surface area contributed by atoms with Crippen molar-refractivity contribution >= 4 is 45.7 Å². The van der Waals surface area contributed by atoms with Gasteiger partial charge in [0.2, 0.25) is 0 Å². The Bertz CT molecular complexity index is 801. The summed E-state index contributed by atoms with van der Waals surface area (Å²) in [6.45, 7) is 3.51. The van der Waals surface area contributed by atoms with E-state index in [0.717, 1.165) is 0 Å². The van der Waals surface area contributed by atoms with E-state index in [9.17, 15) is 24.3 Å². The molecule has 31 heavy (non-hydrogen) atoms. The molecule has 0 spiro atoms. The highest BCUT2D eigenvalue weighted by molar-refractivity contribution is 9.09. The Morgan fingerprint density at radius 2 is 1.77 bits per heavy atom. The Morgan fingerprint density at radius 3 is 2.29 bits per heavy atom. The maximum Gasteiger partial charge on any atom is 0.331 e. The lowest BCUT2D eigenvalue weighted by molar-refractivity contribution is -0.151. The van der Waals surface area contributed by atoms with E-state index in [2.05, 4.69) is 20.9 Å². The number of aliphatic carboxylic acids is 3. The molecule has 1 heterocycles. The van der Waals surface area contributed by atoms with Gasteiger partial charge in [-0.2, -0.15) is 0 Å². The van der Waals surface area contributed by atoms with E-state index in [-0.39, 0.29) is 36.3 Å². The first-order valence-electron chi connectivity index (χ1n) is 9.58. The third-order valence-corrected chi connectivity index (χ3v) is 6.90. The average molecular weight is 505 g/mol. The van der Waals surface area contributed by atoms with E-state index >= 15 is 0 Å². The SMILES string of the molecule is CC1=N[C@H]2[C@H](C)C=C(C(=O)O)C[C@@H]2C(=O)O1.N[C@H]1[C@H](O)[C@@H](Br)[C@@H](C(=O)O)C[C@@H]1C(=O)O. The number of carbonyl (C=O) groups is 4. The number of carboxylic acid groups (broad SMARTS) is 3. The number of hydrogen-bond acceptors (Lipinski definition) is 8. The zero-order chi connectivity index (χ0) is 23.6. The Balaban J connectivity index is 0.000000221. The van der Waals surface area contributed by atoms with Crippen molar-refractivity contribution in [2.45, 2.75) is 49.7 Å². The smallest absolute Gasteiger partial charge is 0.331 e. The molecule has 6 N–H and O–H groups in total. The number of cyclic esters (lactones) is 1. The number of aliphatic hydroxyl groups excluding tert-OH is 1. The highest BCUT2D eigenvalue weighted by Crippen LogP contribution is 2.35. The Labute approximate surface area is 186 Å². The number of alkyl halides is 1. The van der Waals surface area contributed by atoms with Crippen molar-refractivity contribution in [3.05, 3.63) is 11.6 Å². The molecule has 8 atom stereocenters. The number of halogens is 1. The molecule has 0 unspecified atom stereocenters. The summed E-state index contributed by atoms with van der Waals surface area (Å²) in [7, 11) is 0. The quantitative estimate of drug-likeness (QED) is 0.262. The molecule has 3 rings (SSSR count). The molecule has 0 saturated heterocycles. The summed E-state index contributed by atoms with van der Waals surface area (Å²) >= 11 is 3.03. The summed E-state index contributed by atoms with van der Waals surface area (Å²) in [5.41, 5.74) is 5.80. The Morgan fingerprint density at radius 1 is 1.19 bits per heavy atom. The van der Waals surface area contributed by atoms with Crippen LogP contribution in [0, 0.1) is 23.7 Å². The van der Waals surface area contributed by atoms with E-state index < -0.39 is 52.6 Å². The minimum atomic E-state index is -1.17. The maximum absolute atomic E-state index is 11.6. The highest BCUT2D eigenvalue weighted by Gasteiger charge is 2.47. The van der Waals surface area contributed by atoms with Gasteiger partial charge in [-0.25, -0.2) is 4.79 Å². The van der Waals surface area contributed by atoms with Gasteiger partial charge in [0.25, 0.3) is 0 Å². The van der Waals surface area contributed by atoms with E-state index in [1.807, 2.05) is 6.92 Å². The highest BCUT2D eigenvalue weighted by atomic mass is 79.9. The lowest BCUT2D eigenvalue weighted by Crippen LogP contribution is -2.56. The summed E-state index contributed by atoms with van der Waals surface area (Å²) in [5, 5.41) is 36.2. The van der Waals surface area contributed by atoms with Crippen LogP contribution in [0.25, 0.3) is 0 Å². The molecular formula is C19H25BrN2O9. The molecule has 2 aliphatic carbocycles. The number of esters is 1. The molecule has 1 saturated carbocycles. The molecule has 172 valence electrons. The molecule has 0 amide bonds. The predicted octanol–water partition coefficient (Wildman–Crippen LogP) is 0.241. The van der Waals surface area contributed by atoms with Crippen LogP contribution in [0.15, 0.2) is 16.6 Å². The van der Waals surface area contributed by atoms with Crippen molar-refractivity contribution in [3.8, 4) is 0 Å². The van der Waals surface area contributed by atoms with Crippen molar-refractivity contribution < 1.29 is 44.3 Å². The van der Waals surface area contributed by atoms with Crippen LogP contribution in [0.5, 0.6) is 0 Å². The Hall–Kier alpha value is -2.31. The summed E-state index contributed by atoms with van der Waals surface area (Å²) in [6, 6.07) is -1.12. The zero-order valence-electron chi connectivity index (χ0n) is 16.8. The van der Waals surface area contributed by atoms with Crippen LogP contribution < -0.4 is 5.73 Å². The van der Waals surface area contributed by atoms with Crippen molar-refractivity contribution in [1.82, 2.24) is 0 Å². The van der Waals surface area contributed by atoms with E-state index in [4.69, 9.17) is 25.8 Å².